The maximum Gasteiger partial charge on any atom is 0.276 e. The van der Waals surface area contributed by atoms with Gasteiger partial charge in [-0.15, -0.1) is 10.2 Å². The van der Waals surface area contributed by atoms with Crippen LogP contribution in [0.2, 0.25) is 0 Å². The van der Waals surface area contributed by atoms with Gasteiger partial charge in [-0.2, -0.15) is 0 Å². The van der Waals surface area contributed by atoms with E-state index in [0.717, 1.165) is 17.1 Å². The Balaban J connectivity index is 1.18. The molecule has 1 aromatic carbocycles. The van der Waals surface area contributed by atoms with Gasteiger partial charge >= 0.3 is 0 Å². The molecule has 0 atom stereocenters. The molecule has 9 nitrogen and oxygen atoms in total. The molecule has 0 radical (unpaired) electrons. The number of carbonyl (C=O) groups excluding carboxylic acids is 1. The Kier molecular flexibility index (Phi) is 5.44. The van der Waals surface area contributed by atoms with E-state index < -0.39 is 0 Å². The Morgan fingerprint density at radius 1 is 0.938 bits per heavy atom. The van der Waals surface area contributed by atoms with Crippen LogP contribution in [0.15, 0.2) is 77.6 Å². The maximum absolute atomic E-state index is 12.8. The first-order chi connectivity index (χ1) is 15.8. The predicted octanol–water partition coefficient (Wildman–Crippen LogP) is 3.23. The number of benzene rings is 1. The number of amides is 1. The Bertz CT molecular complexity index is 1170. The van der Waals surface area contributed by atoms with Crippen molar-refractivity contribution in [1.82, 2.24) is 25.2 Å². The SMILES string of the molecule is O=C(c1cc(-c2ccccc2)on1)N1CCN(c2ccc(Nc3cccnc3)nn2)CC1. The van der Waals surface area contributed by atoms with Gasteiger partial charge in [-0.1, -0.05) is 35.5 Å². The molecule has 1 aliphatic rings. The first kappa shape index (κ1) is 19.7. The number of carbonyl (C=O) groups is 1. The minimum absolute atomic E-state index is 0.127. The van der Waals surface area contributed by atoms with Gasteiger partial charge in [0.15, 0.2) is 23.1 Å². The highest BCUT2D eigenvalue weighted by molar-refractivity contribution is 5.93. The van der Waals surface area contributed by atoms with Crippen molar-refractivity contribution in [2.45, 2.75) is 0 Å². The largest absolute Gasteiger partial charge is 0.355 e. The summed E-state index contributed by atoms with van der Waals surface area (Å²) in [6.45, 7) is 2.48. The standard InChI is InChI=1S/C23H21N7O2/c31-23(19-15-20(32-28-19)17-5-2-1-3-6-17)30-13-11-29(12-14-30)22-9-8-21(26-27-22)25-18-7-4-10-24-16-18/h1-10,15-16H,11-14H2,(H,25,26). The Labute approximate surface area is 184 Å². The lowest BCUT2D eigenvalue weighted by molar-refractivity contribution is 0.0736. The zero-order valence-corrected chi connectivity index (χ0v) is 17.3. The van der Waals surface area contributed by atoms with E-state index >= 15 is 0 Å². The van der Waals surface area contributed by atoms with Crippen LogP contribution < -0.4 is 10.2 Å². The minimum Gasteiger partial charge on any atom is -0.355 e. The fraction of sp³-hybridized carbons (Fsp3) is 0.174. The molecule has 1 amide bonds. The second kappa shape index (κ2) is 8.84. The van der Waals surface area contributed by atoms with Crippen molar-refractivity contribution in [3.8, 4) is 11.3 Å². The van der Waals surface area contributed by atoms with Gasteiger partial charge in [-0.25, -0.2) is 0 Å². The molecule has 32 heavy (non-hydrogen) atoms. The van der Waals surface area contributed by atoms with Gasteiger partial charge in [0.2, 0.25) is 0 Å². The van der Waals surface area contributed by atoms with E-state index in [1.807, 2.05) is 54.6 Å². The Morgan fingerprint density at radius 2 is 1.78 bits per heavy atom. The number of aromatic nitrogens is 4. The lowest BCUT2D eigenvalue weighted by Crippen LogP contribution is -2.49. The fourth-order valence-corrected chi connectivity index (χ4v) is 3.56. The normalized spacial score (nSPS) is 13.8. The second-order valence-electron chi connectivity index (χ2n) is 7.37. The summed E-state index contributed by atoms with van der Waals surface area (Å²) in [7, 11) is 0. The third-order valence-electron chi connectivity index (χ3n) is 5.26. The zero-order valence-electron chi connectivity index (χ0n) is 17.3. The van der Waals surface area contributed by atoms with E-state index in [9.17, 15) is 4.79 Å². The number of piperazine rings is 1. The highest BCUT2D eigenvalue weighted by Gasteiger charge is 2.25. The lowest BCUT2D eigenvalue weighted by Gasteiger charge is -2.34. The van der Waals surface area contributed by atoms with Crippen molar-refractivity contribution < 1.29 is 9.32 Å². The zero-order chi connectivity index (χ0) is 21.8. The van der Waals surface area contributed by atoms with Crippen LogP contribution in [0.25, 0.3) is 11.3 Å². The molecule has 3 aromatic heterocycles. The summed E-state index contributed by atoms with van der Waals surface area (Å²) in [5, 5.41) is 15.7. The van der Waals surface area contributed by atoms with Crippen LogP contribution in [-0.2, 0) is 0 Å². The van der Waals surface area contributed by atoms with Crippen LogP contribution in [0, 0.1) is 0 Å². The van der Waals surface area contributed by atoms with E-state index in [4.69, 9.17) is 4.52 Å². The van der Waals surface area contributed by atoms with Crippen molar-refractivity contribution in [2.24, 2.45) is 0 Å². The second-order valence-corrected chi connectivity index (χ2v) is 7.37. The van der Waals surface area contributed by atoms with E-state index in [1.165, 1.54) is 0 Å². The van der Waals surface area contributed by atoms with Gasteiger partial charge in [-0.05, 0) is 24.3 Å². The molecular weight excluding hydrogens is 406 g/mol. The molecular formula is C23H21N7O2. The number of rotatable bonds is 5. The quantitative estimate of drug-likeness (QED) is 0.518. The van der Waals surface area contributed by atoms with Gasteiger partial charge in [0, 0.05) is 44.0 Å². The van der Waals surface area contributed by atoms with E-state index in [0.29, 0.717) is 43.5 Å². The highest BCUT2D eigenvalue weighted by atomic mass is 16.5. The topological polar surface area (TPSA) is 100 Å². The number of hydrogen-bond donors (Lipinski definition) is 1. The summed E-state index contributed by atoms with van der Waals surface area (Å²) < 4.78 is 5.37. The molecule has 0 unspecified atom stereocenters. The smallest absolute Gasteiger partial charge is 0.276 e. The summed E-state index contributed by atoms with van der Waals surface area (Å²) in [6.07, 6.45) is 3.44. The Morgan fingerprint density at radius 3 is 2.50 bits per heavy atom. The van der Waals surface area contributed by atoms with Gasteiger partial charge < -0.3 is 19.6 Å². The summed E-state index contributed by atoms with van der Waals surface area (Å²) in [5.74, 6) is 1.89. The van der Waals surface area contributed by atoms with Gasteiger partial charge in [0.1, 0.15) is 0 Å². The molecule has 1 fully saturated rings. The van der Waals surface area contributed by atoms with Gasteiger partial charge in [0.25, 0.3) is 5.91 Å². The van der Waals surface area contributed by atoms with Crippen molar-refractivity contribution in [1.29, 1.82) is 0 Å². The molecule has 0 spiro atoms. The summed E-state index contributed by atoms with van der Waals surface area (Å²) in [5.41, 5.74) is 2.07. The number of pyridine rings is 1. The maximum atomic E-state index is 12.8. The van der Waals surface area contributed by atoms with Crippen molar-refractivity contribution >= 4 is 23.2 Å². The number of anilines is 3. The average molecular weight is 427 g/mol. The van der Waals surface area contributed by atoms with Gasteiger partial charge in [-0.3, -0.25) is 9.78 Å². The molecule has 1 saturated heterocycles. The van der Waals surface area contributed by atoms with Crippen LogP contribution in [0.3, 0.4) is 0 Å². The molecule has 5 rings (SSSR count). The lowest BCUT2D eigenvalue weighted by atomic mass is 10.1. The first-order valence-electron chi connectivity index (χ1n) is 10.3. The molecule has 4 aromatic rings. The predicted molar refractivity (Wildman–Crippen MR) is 120 cm³/mol. The molecule has 160 valence electrons. The summed E-state index contributed by atoms with van der Waals surface area (Å²) in [4.78, 5) is 20.8. The highest BCUT2D eigenvalue weighted by Crippen LogP contribution is 2.22. The molecule has 1 aliphatic heterocycles. The third kappa shape index (κ3) is 4.27. The summed E-state index contributed by atoms with van der Waals surface area (Å²) in [6, 6.07) is 18.9. The Hall–Kier alpha value is -4.27. The van der Waals surface area contributed by atoms with Crippen LogP contribution in [0.5, 0.6) is 0 Å². The van der Waals surface area contributed by atoms with E-state index in [-0.39, 0.29) is 5.91 Å². The van der Waals surface area contributed by atoms with Crippen molar-refractivity contribution in [2.75, 3.05) is 36.4 Å². The van der Waals surface area contributed by atoms with Crippen LogP contribution in [0.4, 0.5) is 17.3 Å². The molecule has 0 aliphatic carbocycles. The van der Waals surface area contributed by atoms with E-state index in [2.05, 4.69) is 30.6 Å². The monoisotopic (exact) mass is 427 g/mol. The van der Waals surface area contributed by atoms with Gasteiger partial charge in [0.05, 0.1) is 11.9 Å². The van der Waals surface area contributed by atoms with Crippen molar-refractivity contribution in [3.63, 3.8) is 0 Å². The molecule has 0 bridgehead atoms. The minimum atomic E-state index is -0.127. The van der Waals surface area contributed by atoms with Crippen molar-refractivity contribution in [3.05, 3.63) is 78.8 Å². The fourth-order valence-electron chi connectivity index (χ4n) is 3.56. The van der Waals surface area contributed by atoms with Crippen LogP contribution in [-0.4, -0.2) is 57.3 Å². The number of nitrogens with one attached hydrogen (secondary N) is 1. The van der Waals surface area contributed by atoms with Crippen LogP contribution >= 0.6 is 0 Å². The van der Waals surface area contributed by atoms with Crippen LogP contribution in [0.1, 0.15) is 10.5 Å². The number of hydrogen-bond acceptors (Lipinski definition) is 8. The summed E-state index contributed by atoms with van der Waals surface area (Å²) >= 11 is 0. The first-order valence-corrected chi connectivity index (χ1v) is 10.3. The molecule has 9 heteroatoms. The molecule has 1 N–H and O–H groups in total. The molecule has 0 saturated carbocycles. The van der Waals surface area contributed by atoms with E-state index in [1.54, 1.807) is 23.4 Å². The number of nitrogens with zero attached hydrogens (tertiary/aromatic N) is 6. The molecule has 4 heterocycles. The average Bonchev–Trinajstić information content (AvgIpc) is 3.36. The third-order valence-corrected chi connectivity index (χ3v) is 5.26.